The van der Waals surface area contributed by atoms with Crippen LogP contribution < -0.4 is 5.32 Å². The quantitative estimate of drug-likeness (QED) is 0.718. The molecule has 0 aliphatic carbocycles. The number of amides is 2. The number of urea groups is 1. The highest BCUT2D eigenvalue weighted by Gasteiger charge is 2.24. The van der Waals surface area contributed by atoms with Gasteiger partial charge in [-0.25, -0.2) is 4.79 Å². The number of hydrogen-bond donors (Lipinski definition) is 2. The Labute approximate surface area is 165 Å². The van der Waals surface area contributed by atoms with Gasteiger partial charge in [0.1, 0.15) is 0 Å². The number of piperazine rings is 1. The number of carbonyl (C=O) groups is 1. The highest BCUT2D eigenvalue weighted by molar-refractivity contribution is 5.80. The van der Waals surface area contributed by atoms with Gasteiger partial charge in [-0.3, -0.25) is 9.88 Å². The number of benzene rings is 1. The summed E-state index contributed by atoms with van der Waals surface area (Å²) in [6.45, 7) is 6.10. The lowest BCUT2D eigenvalue weighted by atomic mass is 10.1. The van der Waals surface area contributed by atoms with Crippen molar-refractivity contribution < 1.29 is 4.79 Å². The number of pyridine rings is 1. The van der Waals surface area contributed by atoms with E-state index in [1.54, 1.807) is 6.20 Å². The lowest BCUT2D eigenvalue weighted by molar-refractivity contribution is 0.114. The van der Waals surface area contributed by atoms with Gasteiger partial charge < -0.3 is 15.2 Å². The van der Waals surface area contributed by atoms with Crippen LogP contribution in [0.15, 0.2) is 54.9 Å². The highest BCUT2D eigenvalue weighted by atomic mass is 16.2. The van der Waals surface area contributed by atoms with Crippen LogP contribution in [0.1, 0.15) is 24.2 Å². The van der Waals surface area contributed by atoms with Crippen molar-refractivity contribution in [2.45, 2.75) is 19.4 Å². The van der Waals surface area contributed by atoms with Gasteiger partial charge in [0, 0.05) is 68.8 Å². The van der Waals surface area contributed by atoms with Crippen LogP contribution in [0.5, 0.6) is 0 Å². The van der Waals surface area contributed by atoms with Crippen LogP contribution in [0.25, 0.3) is 10.9 Å². The van der Waals surface area contributed by atoms with Crippen LogP contribution in [0.2, 0.25) is 0 Å². The van der Waals surface area contributed by atoms with Crippen LogP contribution in [-0.4, -0.2) is 58.5 Å². The fourth-order valence-corrected chi connectivity index (χ4v) is 3.83. The molecule has 28 heavy (non-hydrogen) atoms. The average molecular weight is 377 g/mol. The van der Waals surface area contributed by atoms with E-state index in [9.17, 15) is 4.79 Å². The molecule has 1 fully saturated rings. The van der Waals surface area contributed by atoms with E-state index in [1.807, 2.05) is 29.3 Å². The fraction of sp³-hybridized carbons (Fsp3) is 0.364. The largest absolute Gasteiger partial charge is 0.358 e. The van der Waals surface area contributed by atoms with Gasteiger partial charge in [-0.05, 0) is 36.1 Å². The van der Waals surface area contributed by atoms with E-state index in [1.165, 1.54) is 10.9 Å². The summed E-state index contributed by atoms with van der Waals surface area (Å²) < 4.78 is 0. The number of fused-ring (bicyclic) bond motifs is 1. The van der Waals surface area contributed by atoms with Crippen LogP contribution in [0.4, 0.5) is 4.79 Å². The second-order valence-corrected chi connectivity index (χ2v) is 7.35. The summed E-state index contributed by atoms with van der Waals surface area (Å²) >= 11 is 0. The Balaban J connectivity index is 1.23. The van der Waals surface area contributed by atoms with Crippen molar-refractivity contribution in [3.8, 4) is 0 Å². The van der Waals surface area contributed by atoms with Crippen molar-refractivity contribution in [3.05, 3.63) is 66.1 Å². The maximum atomic E-state index is 12.5. The minimum Gasteiger partial charge on any atom is -0.358 e. The smallest absolute Gasteiger partial charge is 0.317 e. The van der Waals surface area contributed by atoms with Crippen molar-refractivity contribution in [1.82, 2.24) is 25.1 Å². The Morgan fingerprint density at radius 2 is 2.00 bits per heavy atom. The molecule has 1 aliphatic heterocycles. The van der Waals surface area contributed by atoms with Gasteiger partial charge in [0.2, 0.25) is 0 Å². The van der Waals surface area contributed by atoms with Gasteiger partial charge in [0.15, 0.2) is 0 Å². The number of nitrogens with zero attached hydrogens (tertiary/aromatic N) is 3. The summed E-state index contributed by atoms with van der Waals surface area (Å²) in [6, 6.07) is 14.8. The molecule has 2 aromatic heterocycles. The number of aromatic amines is 1. The molecular weight excluding hydrogens is 350 g/mol. The SMILES string of the molecule is CC(c1cccnc1)N1CCN(C(=O)NCCc2cc3ccccc3[nH]2)CC1. The number of carbonyl (C=O) groups excluding carboxylic acids is 1. The first-order valence-electron chi connectivity index (χ1n) is 9.94. The minimum atomic E-state index is 0.0322. The van der Waals surface area contributed by atoms with Crippen LogP contribution in [0, 0.1) is 0 Å². The topological polar surface area (TPSA) is 64.3 Å². The molecule has 1 aliphatic rings. The molecule has 1 unspecified atom stereocenters. The maximum absolute atomic E-state index is 12.5. The third-order valence-corrected chi connectivity index (χ3v) is 5.57. The lowest BCUT2D eigenvalue weighted by Gasteiger charge is -2.38. The summed E-state index contributed by atoms with van der Waals surface area (Å²) in [7, 11) is 0. The second kappa shape index (κ2) is 8.44. The monoisotopic (exact) mass is 377 g/mol. The zero-order chi connectivity index (χ0) is 19.3. The predicted molar refractivity (Wildman–Crippen MR) is 111 cm³/mol. The number of para-hydroxylation sites is 1. The molecule has 3 aromatic rings. The molecule has 0 spiro atoms. The fourth-order valence-electron chi connectivity index (χ4n) is 3.83. The van der Waals surface area contributed by atoms with Crippen molar-refractivity contribution in [2.75, 3.05) is 32.7 Å². The Morgan fingerprint density at radius 1 is 1.18 bits per heavy atom. The van der Waals surface area contributed by atoms with E-state index in [2.05, 4.69) is 51.4 Å². The Kier molecular flexibility index (Phi) is 5.58. The van der Waals surface area contributed by atoms with Crippen LogP contribution in [-0.2, 0) is 6.42 Å². The molecule has 146 valence electrons. The molecule has 6 heteroatoms. The molecule has 1 saturated heterocycles. The first-order valence-corrected chi connectivity index (χ1v) is 9.94. The molecule has 2 amide bonds. The molecule has 0 bridgehead atoms. The van der Waals surface area contributed by atoms with Crippen molar-refractivity contribution in [1.29, 1.82) is 0 Å². The average Bonchev–Trinajstić information content (AvgIpc) is 3.16. The summed E-state index contributed by atoms with van der Waals surface area (Å²) in [6.07, 6.45) is 4.53. The molecule has 1 atom stereocenters. The van der Waals surface area contributed by atoms with E-state index in [0.717, 1.165) is 43.8 Å². The number of H-pyrrole nitrogens is 1. The summed E-state index contributed by atoms with van der Waals surface area (Å²) in [5, 5.41) is 4.27. The lowest BCUT2D eigenvalue weighted by Crippen LogP contribution is -2.52. The third kappa shape index (κ3) is 4.17. The number of hydrogen-bond acceptors (Lipinski definition) is 3. The first-order chi connectivity index (χ1) is 13.7. The van der Waals surface area contributed by atoms with E-state index >= 15 is 0 Å². The van der Waals surface area contributed by atoms with Crippen LogP contribution >= 0.6 is 0 Å². The predicted octanol–water partition coefficient (Wildman–Crippen LogP) is 3.19. The van der Waals surface area contributed by atoms with Crippen LogP contribution in [0.3, 0.4) is 0 Å². The van der Waals surface area contributed by atoms with Gasteiger partial charge in [-0.2, -0.15) is 0 Å². The summed E-state index contributed by atoms with van der Waals surface area (Å²) in [5.74, 6) is 0. The third-order valence-electron chi connectivity index (χ3n) is 5.57. The number of nitrogens with one attached hydrogen (secondary N) is 2. The molecule has 0 saturated carbocycles. The van der Waals surface area contributed by atoms with E-state index in [4.69, 9.17) is 0 Å². The normalized spacial score (nSPS) is 16.2. The zero-order valence-corrected chi connectivity index (χ0v) is 16.3. The van der Waals surface area contributed by atoms with Gasteiger partial charge in [-0.1, -0.05) is 24.3 Å². The van der Waals surface area contributed by atoms with Gasteiger partial charge in [0.05, 0.1) is 0 Å². The van der Waals surface area contributed by atoms with Gasteiger partial charge >= 0.3 is 6.03 Å². The molecule has 3 heterocycles. The van der Waals surface area contributed by atoms with Crippen molar-refractivity contribution in [2.24, 2.45) is 0 Å². The molecule has 2 N–H and O–H groups in total. The van der Waals surface area contributed by atoms with E-state index in [0.29, 0.717) is 12.6 Å². The molecular formula is C22H27N5O. The van der Waals surface area contributed by atoms with Crippen molar-refractivity contribution >= 4 is 16.9 Å². The van der Waals surface area contributed by atoms with Crippen molar-refractivity contribution in [3.63, 3.8) is 0 Å². The number of rotatable bonds is 5. The Bertz CT molecular complexity index is 882. The van der Waals surface area contributed by atoms with Gasteiger partial charge in [0.25, 0.3) is 0 Å². The second-order valence-electron chi connectivity index (χ2n) is 7.35. The first kappa shape index (κ1) is 18.5. The molecule has 6 nitrogen and oxygen atoms in total. The number of aromatic nitrogens is 2. The summed E-state index contributed by atoms with van der Waals surface area (Å²) in [5.41, 5.74) is 3.51. The Morgan fingerprint density at radius 3 is 2.75 bits per heavy atom. The van der Waals surface area contributed by atoms with E-state index < -0.39 is 0 Å². The minimum absolute atomic E-state index is 0.0322. The highest BCUT2D eigenvalue weighted by Crippen LogP contribution is 2.20. The zero-order valence-electron chi connectivity index (χ0n) is 16.3. The molecule has 1 aromatic carbocycles. The molecule has 4 rings (SSSR count). The molecule has 0 radical (unpaired) electrons. The standard InChI is InChI=1S/C22H27N5O/c1-17(19-6-4-9-23-16-19)26-11-13-27(14-12-26)22(28)24-10-8-20-15-18-5-2-3-7-21(18)25-20/h2-7,9,15-17,25H,8,10-14H2,1H3,(H,24,28). The van der Waals surface area contributed by atoms with E-state index in [-0.39, 0.29) is 6.03 Å². The Hall–Kier alpha value is -2.86. The summed E-state index contributed by atoms with van der Waals surface area (Å²) in [4.78, 5) is 24.4. The maximum Gasteiger partial charge on any atom is 0.317 e. The van der Waals surface area contributed by atoms with Gasteiger partial charge in [-0.15, -0.1) is 0 Å².